The lowest BCUT2D eigenvalue weighted by atomic mass is 9.86. The molecule has 0 aromatic rings. The predicted molar refractivity (Wildman–Crippen MR) is 71.6 cm³/mol. The molecule has 0 aromatic heterocycles. The Morgan fingerprint density at radius 2 is 1.74 bits per heavy atom. The summed E-state index contributed by atoms with van der Waals surface area (Å²) in [7, 11) is 1.42. The summed E-state index contributed by atoms with van der Waals surface area (Å²) < 4.78 is 10.2. The Morgan fingerprint density at radius 1 is 1.16 bits per heavy atom. The summed E-state index contributed by atoms with van der Waals surface area (Å²) in [5.41, 5.74) is -0.306. The fraction of sp³-hybridized carbons (Fsp3) is 0.857. The van der Waals surface area contributed by atoms with Crippen LogP contribution >= 0.6 is 0 Å². The third-order valence-electron chi connectivity index (χ3n) is 3.26. The monoisotopic (exact) mass is 271 g/mol. The van der Waals surface area contributed by atoms with Gasteiger partial charge in [0, 0.05) is 6.04 Å². The first kappa shape index (κ1) is 16.0. The number of hydrogen-bond acceptors (Lipinski definition) is 4. The molecule has 1 fully saturated rings. The van der Waals surface area contributed by atoms with Crippen LogP contribution in [0.5, 0.6) is 0 Å². The van der Waals surface area contributed by atoms with E-state index < -0.39 is 0 Å². The van der Waals surface area contributed by atoms with Crippen molar-refractivity contribution in [1.82, 2.24) is 5.32 Å². The molecular weight excluding hydrogens is 246 g/mol. The molecule has 0 aliphatic heterocycles. The Balaban J connectivity index is 2.25. The fourth-order valence-corrected chi connectivity index (χ4v) is 2.19. The van der Waals surface area contributed by atoms with Crippen LogP contribution in [-0.2, 0) is 19.1 Å². The zero-order chi connectivity index (χ0) is 14.5. The minimum atomic E-state index is -0.306. The Kier molecular flexibility index (Phi) is 5.79. The van der Waals surface area contributed by atoms with E-state index in [-0.39, 0.29) is 36.0 Å². The predicted octanol–water partition coefficient (Wildman–Crippen LogP) is 1.65. The van der Waals surface area contributed by atoms with Crippen LogP contribution in [0.3, 0.4) is 0 Å². The van der Waals surface area contributed by atoms with Gasteiger partial charge in [0.15, 0.2) is 0 Å². The van der Waals surface area contributed by atoms with Gasteiger partial charge in [0.2, 0.25) is 5.91 Å². The van der Waals surface area contributed by atoms with Crippen molar-refractivity contribution >= 4 is 11.9 Å². The molecule has 1 aliphatic rings. The van der Waals surface area contributed by atoms with Crippen molar-refractivity contribution < 1.29 is 19.1 Å². The first-order chi connectivity index (χ1) is 8.81. The molecule has 5 nitrogen and oxygen atoms in total. The lowest BCUT2D eigenvalue weighted by molar-refractivity contribution is -0.146. The molecule has 0 spiro atoms. The second-order valence-electron chi connectivity index (χ2n) is 6.04. The van der Waals surface area contributed by atoms with E-state index in [0.717, 1.165) is 25.7 Å². The molecule has 0 aromatic carbocycles. The smallest absolute Gasteiger partial charge is 0.308 e. The minimum absolute atomic E-state index is 0.0102. The topological polar surface area (TPSA) is 64.6 Å². The Labute approximate surface area is 115 Å². The van der Waals surface area contributed by atoms with Gasteiger partial charge in [-0.25, -0.2) is 0 Å². The Bertz CT molecular complexity index is 314. The number of rotatable bonds is 4. The van der Waals surface area contributed by atoms with Crippen LogP contribution in [0, 0.1) is 5.92 Å². The van der Waals surface area contributed by atoms with Crippen LogP contribution in [-0.4, -0.2) is 37.2 Å². The van der Waals surface area contributed by atoms with Crippen molar-refractivity contribution in [2.75, 3.05) is 13.7 Å². The number of carbonyl (C=O) groups excluding carboxylic acids is 2. The molecule has 1 N–H and O–H groups in total. The zero-order valence-corrected chi connectivity index (χ0v) is 12.3. The van der Waals surface area contributed by atoms with E-state index in [1.165, 1.54) is 7.11 Å². The van der Waals surface area contributed by atoms with Gasteiger partial charge >= 0.3 is 5.97 Å². The van der Waals surface area contributed by atoms with Crippen LogP contribution in [0.25, 0.3) is 0 Å². The van der Waals surface area contributed by atoms with Crippen molar-refractivity contribution in [1.29, 1.82) is 0 Å². The van der Waals surface area contributed by atoms with E-state index in [4.69, 9.17) is 9.47 Å². The quantitative estimate of drug-likeness (QED) is 0.790. The van der Waals surface area contributed by atoms with E-state index in [0.29, 0.717) is 0 Å². The number of methoxy groups -OCH3 is 1. The van der Waals surface area contributed by atoms with Crippen molar-refractivity contribution in [3.63, 3.8) is 0 Å². The summed E-state index contributed by atoms with van der Waals surface area (Å²) in [6.07, 6.45) is 3.19. The van der Waals surface area contributed by atoms with Gasteiger partial charge in [0.1, 0.15) is 6.61 Å². The number of amides is 1. The molecule has 0 radical (unpaired) electrons. The molecule has 0 heterocycles. The molecule has 0 unspecified atom stereocenters. The van der Waals surface area contributed by atoms with Crippen LogP contribution in [0.4, 0.5) is 0 Å². The second kappa shape index (κ2) is 6.89. The third kappa shape index (κ3) is 6.05. The van der Waals surface area contributed by atoms with E-state index in [2.05, 4.69) is 5.32 Å². The van der Waals surface area contributed by atoms with Gasteiger partial charge in [-0.05, 0) is 46.5 Å². The van der Waals surface area contributed by atoms with Gasteiger partial charge in [0.25, 0.3) is 0 Å². The highest BCUT2D eigenvalue weighted by atomic mass is 16.5. The van der Waals surface area contributed by atoms with E-state index in [1.807, 2.05) is 20.8 Å². The number of nitrogens with one attached hydrogen (secondary N) is 1. The van der Waals surface area contributed by atoms with Crippen molar-refractivity contribution in [2.24, 2.45) is 5.92 Å². The highest BCUT2D eigenvalue weighted by Gasteiger charge is 2.27. The molecule has 19 heavy (non-hydrogen) atoms. The Hall–Kier alpha value is -1.10. The first-order valence-corrected chi connectivity index (χ1v) is 6.83. The lowest BCUT2D eigenvalue weighted by Crippen LogP contribution is -2.41. The molecule has 5 heteroatoms. The van der Waals surface area contributed by atoms with Crippen LogP contribution in [0.15, 0.2) is 0 Å². The standard InChI is InChI=1S/C14H25NO4/c1-14(2,3)19-9-12(16)15-11-7-5-10(6-8-11)13(17)18-4/h10-11H,5-9H2,1-4H3,(H,15,16). The summed E-state index contributed by atoms with van der Waals surface area (Å²) in [6, 6.07) is 0.150. The van der Waals surface area contributed by atoms with Crippen LogP contribution < -0.4 is 5.32 Å². The second-order valence-corrected chi connectivity index (χ2v) is 6.04. The summed E-state index contributed by atoms with van der Waals surface area (Å²) in [5.74, 6) is -0.235. The molecule has 1 amide bonds. The molecule has 1 saturated carbocycles. The highest BCUT2D eigenvalue weighted by molar-refractivity contribution is 5.77. The maximum Gasteiger partial charge on any atom is 0.308 e. The summed E-state index contributed by atoms with van der Waals surface area (Å²) in [6.45, 7) is 5.84. The molecule has 0 bridgehead atoms. The van der Waals surface area contributed by atoms with Crippen molar-refractivity contribution in [2.45, 2.75) is 58.1 Å². The maximum atomic E-state index is 11.7. The lowest BCUT2D eigenvalue weighted by Gasteiger charge is -2.28. The molecular formula is C14H25NO4. The SMILES string of the molecule is COC(=O)C1CCC(NC(=O)COC(C)(C)C)CC1. The van der Waals surface area contributed by atoms with Gasteiger partial charge in [-0.3, -0.25) is 9.59 Å². The van der Waals surface area contributed by atoms with E-state index >= 15 is 0 Å². The van der Waals surface area contributed by atoms with Gasteiger partial charge in [0.05, 0.1) is 18.6 Å². The molecule has 110 valence electrons. The average Bonchev–Trinajstić information content (AvgIpc) is 2.35. The number of esters is 1. The average molecular weight is 271 g/mol. The van der Waals surface area contributed by atoms with Crippen molar-refractivity contribution in [3.8, 4) is 0 Å². The number of hydrogen-bond donors (Lipinski definition) is 1. The largest absolute Gasteiger partial charge is 0.469 e. The summed E-state index contributed by atoms with van der Waals surface area (Å²) in [5, 5.41) is 2.95. The molecule has 0 saturated heterocycles. The normalized spacial score (nSPS) is 23.8. The van der Waals surface area contributed by atoms with Gasteiger partial charge in [-0.2, -0.15) is 0 Å². The van der Waals surface area contributed by atoms with Gasteiger partial charge in [-0.15, -0.1) is 0 Å². The summed E-state index contributed by atoms with van der Waals surface area (Å²) >= 11 is 0. The third-order valence-corrected chi connectivity index (χ3v) is 3.26. The van der Waals surface area contributed by atoms with E-state index in [1.54, 1.807) is 0 Å². The summed E-state index contributed by atoms with van der Waals surface area (Å²) in [4.78, 5) is 23.1. The van der Waals surface area contributed by atoms with E-state index in [9.17, 15) is 9.59 Å². The number of carbonyl (C=O) groups is 2. The molecule has 0 atom stereocenters. The van der Waals surface area contributed by atoms with Crippen LogP contribution in [0.1, 0.15) is 46.5 Å². The zero-order valence-electron chi connectivity index (χ0n) is 12.3. The molecule has 1 rings (SSSR count). The fourth-order valence-electron chi connectivity index (χ4n) is 2.19. The van der Waals surface area contributed by atoms with Crippen molar-refractivity contribution in [3.05, 3.63) is 0 Å². The minimum Gasteiger partial charge on any atom is -0.469 e. The number of ether oxygens (including phenoxy) is 2. The van der Waals surface area contributed by atoms with Gasteiger partial charge < -0.3 is 14.8 Å². The Morgan fingerprint density at radius 3 is 2.21 bits per heavy atom. The highest BCUT2D eigenvalue weighted by Crippen LogP contribution is 2.25. The maximum absolute atomic E-state index is 11.7. The van der Waals surface area contributed by atoms with Gasteiger partial charge in [-0.1, -0.05) is 0 Å². The van der Waals surface area contributed by atoms with Crippen LogP contribution in [0.2, 0.25) is 0 Å². The first-order valence-electron chi connectivity index (χ1n) is 6.83. The molecule has 1 aliphatic carbocycles.